The number of ether oxygens (including phenoxy) is 1. The Labute approximate surface area is 161 Å². The van der Waals surface area contributed by atoms with Gasteiger partial charge in [-0.05, 0) is 42.0 Å². The van der Waals surface area contributed by atoms with Gasteiger partial charge in [-0.1, -0.05) is 12.1 Å². The monoisotopic (exact) mass is 381 g/mol. The van der Waals surface area contributed by atoms with Gasteiger partial charge >= 0.3 is 0 Å². The lowest BCUT2D eigenvalue weighted by atomic mass is 10.2. The van der Waals surface area contributed by atoms with Crippen LogP contribution >= 0.6 is 0 Å². The first-order valence-corrected chi connectivity index (χ1v) is 8.45. The van der Waals surface area contributed by atoms with E-state index in [2.05, 4.69) is 26.2 Å². The van der Waals surface area contributed by atoms with Gasteiger partial charge in [0.2, 0.25) is 11.9 Å². The molecule has 0 fully saturated rings. The van der Waals surface area contributed by atoms with Crippen LogP contribution in [0.25, 0.3) is 0 Å². The third-order valence-corrected chi connectivity index (χ3v) is 3.87. The van der Waals surface area contributed by atoms with Gasteiger partial charge in [-0.3, -0.25) is 14.9 Å². The summed E-state index contributed by atoms with van der Waals surface area (Å²) in [5.41, 5.74) is 3.89. The number of para-hydroxylation sites is 2. The van der Waals surface area contributed by atoms with Gasteiger partial charge in [0.05, 0.1) is 25.4 Å². The number of phenols is 1. The first-order valence-electron chi connectivity index (χ1n) is 8.45. The van der Waals surface area contributed by atoms with Gasteiger partial charge in [0.15, 0.2) is 0 Å². The summed E-state index contributed by atoms with van der Waals surface area (Å²) in [5.74, 6) is 0.0998. The molecule has 2 aromatic carbocycles. The number of aromatic hydroxyl groups is 1. The van der Waals surface area contributed by atoms with Crippen LogP contribution in [-0.4, -0.2) is 42.2 Å². The quantitative estimate of drug-likeness (QED) is 0.442. The predicted molar refractivity (Wildman–Crippen MR) is 104 cm³/mol. The molecule has 28 heavy (non-hydrogen) atoms. The van der Waals surface area contributed by atoms with Crippen molar-refractivity contribution in [2.45, 2.75) is 12.5 Å². The Morgan fingerprint density at radius 1 is 1.29 bits per heavy atom. The molecule has 0 aliphatic carbocycles. The summed E-state index contributed by atoms with van der Waals surface area (Å²) in [6.45, 7) is 0. The normalized spacial score (nSPS) is 15.8. The van der Waals surface area contributed by atoms with E-state index in [4.69, 9.17) is 4.74 Å². The lowest BCUT2D eigenvalue weighted by molar-refractivity contribution is -0.123. The number of carbonyl (C=O) groups excluding carboxylic acids is 2. The molecule has 0 aromatic heterocycles. The van der Waals surface area contributed by atoms with Crippen molar-refractivity contribution in [3.8, 4) is 11.5 Å². The van der Waals surface area contributed by atoms with Crippen molar-refractivity contribution in [1.82, 2.24) is 10.7 Å². The molecule has 0 saturated carbocycles. The van der Waals surface area contributed by atoms with Gasteiger partial charge in [0.1, 0.15) is 17.5 Å². The van der Waals surface area contributed by atoms with E-state index in [1.165, 1.54) is 25.5 Å². The van der Waals surface area contributed by atoms with Gasteiger partial charge in [0, 0.05) is 0 Å². The number of nitrogens with zero attached hydrogens (tertiary/aromatic N) is 2. The summed E-state index contributed by atoms with van der Waals surface area (Å²) < 4.78 is 5.18. The molecule has 0 radical (unpaired) electrons. The van der Waals surface area contributed by atoms with Gasteiger partial charge in [-0.2, -0.15) is 5.10 Å². The van der Waals surface area contributed by atoms with Crippen molar-refractivity contribution >= 4 is 29.7 Å². The van der Waals surface area contributed by atoms with E-state index in [1.54, 1.807) is 36.4 Å². The summed E-state index contributed by atoms with van der Waals surface area (Å²) in [6.07, 6.45) is 1.40. The fourth-order valence-corrected chi connectivity index (χ4v) is 2.49. The standard InChI is InChI=1S/C19H19N5O4/c1-28-16-5-3-2-4-14(16)21-17(26)10-15-18(27)23-19(22-15)24-20-11-12-6-8-13(25)9-7-12/h2-9,11,15,25H,10H2,1H3,(H,21,26)(H2,22,23,24,27)/b20-11-/t15-/m0/s1. The Hall–Kier alpha value is -3.88. The van der Waals surface area contributed by atoms with E-state index >= 15 is 0 Å². The average molecular weight is 381 g/mol. The van der Waals surface area contributed by atoms with Crippen LogP contribution in [0.1, 0.15) is 12.0 Å². The number of rotatable bonds is 6. The Morgan fingerprint density at radius 3 is 2.79 bits per heavy atom. The summed E-state index contributed by atoms with van der Waals surface area (Å²) in [7, 11) is 1.51. The van der Waals surface area contributed by atoms with Crippen LogP contribution in [0.2, 0.25) is 0 Å². The van der Waals surface area contributed by atoms with Crippen molar-refractivity contribution < 1.29 is 19.4 Å². The second-order valence-electron chi connectivity index (χ2n) is 5.90. The topological polar surface area (TPSA) is 124 Å². The smallest absolute Gasteiger partial charge is 0.252 e. The SMILES string of the molecule is COc1ccccc1NC(=O)C[C@@H]1N=C(N/N=C\c2ccc(O)cc2)NC1=O. The summed E-state index contributed by atoms with van der Waals surface area (Å²) in [5, 5.41) is 18.5. The minimum atomic E-state index is -0.846. The molecular formula is C19H19N5O4. The van der Waals surface area contributed by atoms with Crippen molar-refractivity contribution in [3.05, 3.63) is 54.1 Å². The van der Waals surface area contributed by atoms with E-state index in [0.29, 0.717) is 11.4 Å². The highest BCUT2D eigenvalue weighted by atomic mass is 16.5. The number of amides is 2. The fraction of sp³-hybridized carbons (Fsp3) is 0.158. The Kier molecular flexibility index (Phi) is 5.85. The maximum Gasteiger partial charge on any atom is 0.252 e. The van der Waals surface area contributed by atoms with E-state index in [0.717, 1.165) is 5.56 Å². The van der Waals surface area contributed by atoms with Crippen LogP contribution in [-0.2, 0) is 9.59 Å². The maximum absolute atomic E-state index is 12.2. The number of hydrogen-bond acceptors (Lipinski definition) is 7. The highest BCUT2D eigenvalue weighted by Crippen LogP contribution is 2.23. The van der Waals surface area contributed by atoms with Crippen LogP contribution in [0.15, 0.2) is 58.6 Å². The Bertz CT molecular complexity index is 924. The third kappa shape index (κ3) is 4.85. The minimum absolute atomic E-state index is 0.114. The minimum Gasteiger partial charge on any atom is -0.508 e. The molecule has 4 N–H and O–H groups in total. The largest absolute Gasteiger partial charge is 0.508 e. The molecule has 9 heteroatoms. The highest BCUT2D eigenvalue weighted by Gasteiger charge is 2.28. The molecule has 1 heterocycles. The van der Waals surface area contributed by atoms with Gasteiger partial charge < -0.3 is 15.2 Å². The van der Waals surface area contributed by atoms with Crippen LogP contribution in [0.4, 0.5) is 5.69 Å². The molecule has 0 spiro atoms. The highest BCUT2D eigenvalue weighted by molar-refractivity contribution is 6.07. The summed E-state index contributed by atoms with van der Waals surface area (Å²) in [4.78, 5) is 28.4. The third-order valence-electron chi connectivity index (χ3n) is 3.87. The molecule has 1 atom stereocenters. The average Bonchev–Trinajstić information content (AvgIpc) is 3.03. The van der Waals surface area contributed by atoms with Crippen molar-refractivity contribution in [2.75, 3.05) is 12.4 Å². The Morgan fingerprint density at radius 2 is 2.04 bits per heavy atom. The molecule has 1 aliphatic heterocycles. The maximum atomic E-state index is 12.2. The van der Waals surface area contributed by atoms with E-state index in [-0.39, 0.29) is 24.0 Å². The number of aliphatic imine (C=N–C) groups is 1. The van der Waals surface area contributed by atoms with E-state index in [9.17, 15) is 14.7 Å². The molecule has 144 valence electrons. The molecule has 0 saturated heterocycles. The van der Waals surface area contributed by atoms with Gasteiger partial charge in [-0.25, -0.2) is 10.4 Å². The van der Waals surface area contributed by atoms with Gasteiger partial charge in [0.25, 0.3) is 5.91 Å². The molecule has 9 nitrogen and oxygen atoms in total. The summed E-state index contributed by atoms with van der Waals surface area (Å²) in [6, 6.07) is 12.6. The number of guanidine groups is 1. The number of methoxy groups -OCH3 is 1. The van der Waals surface area contributed by atoms with Crippen LogP contribution in [0, 0.1) is 0 Å². The number of benzene rings is 2. The van der Waals surface area contributed by atoms with E-state index < -0.39 is 11.9 Å². The second-order valence-corrected chi connectivity index (χ2v) is 5.90. The molecule has 0 bridgehead atoms. The number of phenolic OH excluding ortho intramolecular Hbond substituents is 1. The number of anilines is 1. The zero-order chi connectivity index (χ0) is 19.9. The van der Waals surface area contributed by atoms with Crippen molar-refractivity contribution in [3.63, 3.8) is 0 Å². The number of hydrazone groups is 1. The number of hydrogen-bond donors (Lipinski definition) is 4. The zero-order valence-electron chi connectivity index (χ0n) is 15.0. The lowest BCUT2D eigenvalue weighted by Crippen LogP contribution is -2.35. The lowest BCUT2D eigenvalue weighted by Gasteiger charge is -2.10. The first kappa shape index (κ1) is 18.9. The van der Waals surface area contributed by atoms with Crippen molar-refractivity contribution in [1.29, 1.82) is 0 Å². The second kappa shape index (κ2) is 8.67. The van der Waals surface area contributed by atoms with Gasteiger partial charge in [-0.15, -0.1) is 0 Å². The van der Waals surface area contributed by atoms with Crippen LogP contribution in [0.3, 0.4) is 0 Å². The van der Waals surface area contributed by atoms with E-state index in [1.807, 2.05) is 0 Å². The molecular weight excluding hydrogens is 362 g/mol. The predicted octanol–water partition coefficient (Wildman–Crippen LogP) is 1.21. The molecule has 2 amide bonds. The molecule has 3 rings (SSSR count). The van der Waals surface area contributed by atoms with Crippen LogP contribution in [0.5, 0.6) is 11.5 Å². The number of nitrogens with one attached hydrogen (secondary N) is 3. The zero-order valence-corrected chi connectivity index (χ0v) is 15.0. The first-order chi connectivity index (χ1) is 13.5. The Balaban J connectivity index is 1.55. The molecule has 2 aromatic rings. The summed E-state index contributed by atoms with van der Waals surface area (Å²) >= 11 is 0. The molecule has 1 aliphatic rings. The fourth-order valence-electron chi connectivity index (χ4n) is 2.49. The molecule has 0 unspecified atom stereocenters. The van der Waals surface area contributed by atoms with Crippen LogP contribution < -0.4 is 20.8 Å². The number of carbonyl (C=O) groups is 2. The van der Waals surface area contributed by atoms with Crippen molar-refractivity contribution in [2.24, 2.45) is 10.1 Å².